The minimum absolute atomic E-state index is 0.0399. The summed E-state index contributed by atoms with van der Waals surface area (Å²) >= 11 is 0. The molecule has 0 aromatic carbocycles. The van der Waals surface area contributed by atoms with Gasteiger partial charge in [0.1, 0.15) is 6.04 Å². The summed E-state index contributed by atoms with van der Waals surface area (Å²) in [7, 11) is 1.31. The molecule has 2 atom stereocenters. The second kappa shape index (κ2) is 4.09. The number of hydrogen-bond donors (Lipinski definition) is 2. The topological polar surface area (TPSA) is 87.7 Å². The van der Waals surface area contributed by atoms with Crippen LogP contribution in [0.2, 0.25) is 0 Å². The maximum absolute atomic E-state index is 11.4. The summed E-state index contributed by atoms with van der Waals surface area (Å²) in [4.78, 5) is 35.2. The van der Waals surface area contributed by atoms with Gasteiger partial charge in [-0.2, -0.15) is 0 Å². The zero-order valence-electron chi connectivity index (χ0n) is 8.86. The molecule has 7 nitrogen and oxygen atoms in total. The third kappa shape index (κ3) is 1.73. The molecule has 88 valence electrons. The number of hydrogen-bond acceptors (Lipinski definition) is 5. The molecule has 0 bridgehead atoms. The van der Waals surface area contributed by atoms with E-state index in [0.717, 1.165) is 0 Å². The van der Waals surface area contributed by atoms with Crippen LogP contribution in [0.25, 0.3) is 0 Å². The maximum Gasteiger partial charge on any atom is 0.324 e. The number of amides is 3. The Labute approximate surface area is 92.1 Å². The summed E-state index contributed by atoms with van der Waals surface area (Å²) < 4.78 is 4.59. The molecule has 2 aliphatic heterocycles. The van der Waals surface area contributed by atoms with E-state index in [1.54, 1.807) is 0 Å². The first-order valence-electron chi connectivity index (χ1n) is 5.04. The highest BCUT2D eigenvalue weighted by molar-refractivity contribution is 6.02. The van der Waals surface area contributed by atoms with E-state index in [4.69, 9.17) is 0 Å². The lowest BCUT2D eigenvalue weighted by atomic mass is 10.1. The number of nitrogens with one attached hydrogen (secondary N) is 2. The van der Waals surface area contributed by atoms with Crippen LogP contribution in [-0.2, 0) is 14.3 Å². The van der Waals surface area contributed by atoms with Crippen molar-refractivity contribution in [2.45, 2.75) is 18.5 Å². The zero-order valence-corrected chi connectivity index (χ0v) is 8.86. The minimum atomic E-state index is -0.434. The Morgan fingerprint density at radius 2 is 2.25 bits per heavy atom. The average Bonchev–Trinajstić information content (AvgIpc) is 2.85. The number of rotatable bonds is 2. The highest BCUT2D eigenvalue weighted by Crippen LogP contribution is 2.17. The number of carbonyl (C=O) groups is 3. The molecular formula is C9H13N3O4. The van der Waals surface area contributed by atoms with Gasteiger partial charge in [-0.1, -0.05) is 0 Å². The van der Waals surface area contributed by atoms with Crippen LogP contribution in [0.1, 0.15) is 6.42 Å². The van der Waals surface area contributed by atoms with Gasteiger partial charge < -0.3 is 15.4 Å². The fraction of sp³-hybridized carbons (Fsp3) is 0.667. The molecule has 0 radical (unpaired) electrons. The van der Waals surface area contributed by atoms with Crippen LogP contribution in [0, 0.1) is 0 Å². The van der Waals surface area contributed by atoms with E-state index in [-0.39, 0.29) is 30.5 Å². The Hall–Kier alpha value is -1.63. The lowest BCUT2D eigenvalue weighted by Gasteiger charge is -2.19. The lowest BCUT2D eigenvalue weighted by molar-refractivity contribution is -0.143. The van der Waals surface area contributed by atoms with Gasteiger partial charge in [0.2, 0.25) is 5.91 Å². The molecule has 2 rings (SSSR count). The summed E-state index contributed by atoms with van der Waals surface area (Å²) in [5.74, 6) is -0.614. The number of nitrogens with zero attached hydrogens (tertiary/aromatic N) is 1. The van der Waals surface area contributed by atoms with Gasteiger partial charge in [-0.25, -0.2) is 4.79 Å². The van der Waals surface area contributed by atoms with Crippen molar-refractivity contribution in [3.8, 4) is 0 Å². The van der Waals surface area contributed by atoms with Crippen LogP contribution in [0.5, 0.6) is 0 Å². The van der Waals surface area contributed by atoms with Gasteiger partial charge >= 0.3 is 12.0 Å². The zero-order chi connectivity index (χ0) is 11.7. The highest BCUT2D eigenvalue weighted by Gasteiger charge is 2.41. The maximum atomic E-state index is 11.4. The molecule has 0 aliphatic carbocycles. The second-order valence-corrected chi connectivity index (χ2v) is 3.80. The van der Waals surface area contributed by atoms with Crippen LogP contribution in [-0.4, -0.2) is 55.1 Å². The average molecular weight is 227 g/mol. The summed E-state index contributed by atoms with van der Waals surface area (Å²) in [6, 6.07) is -1.09. The van der Waals surface area contributed by atoms with Crippen molar-refractivity contribution < 1.29 is 19.1 Å². The predicted molar refractivity (Wildman–Crippen MR) is 52.5 cm³/mol. The fourth-order valence-electron chi connectivity index (χ4n) is 2.04. The molecule has 3 amide bonds. The van der Waals surface area contributed by atoms with E-state index < -0.39 is 6.04 Å². The molecule has 0 unspecified atom stereocenters. The number of esters is 1. The summed E-state index contributed by atoms with van der Waals surface area (Å²) in [6.45, 7) is 0.469. The molecule has 2 N–H and O–H groups in total. The van der Waals surface area contributed by atoms with E-state index in [1.807, 2.05) is 0 Å². The molecule has 0 spiro atoms. The van der Waals surface area contributed by atoms with Crippen molar-refractivity contribution in [1.82, 2.24) is 15.5 Å². The Bertz CT molecular complexity index is 328. The molecule has 2 fully saturated rings. The van der Waals surface area contributed by atoms with Crippen LogP contribution in [0.3, 0.4) is 0 Å². The molecule has 2 heterocycles. The third-order valence-corrected chi connectivity index (χ3v) is 2.84. The standard InChI is InChI=1S/C9H13N3O4/c1-16-8(14)6-2-5(3-10-6)12-7(13)4-11-9(12)15/h5-6,10H,2-4H2,1H3,(H,11,15)/t5-,6-/m0/s1. The molecule has 0 aromatic rings. The molecule has 2 aliphatic rings. The van der Waals surface area contributed by atoms with Crippen molar-refractivity contribution in [2.24, 2.45) is 0 Å². The van der Waals surface area contributed by atoms with Crippen molar-refractivity contribution in [3.05, 3.63) is 0 Å². The first kappa shape index (κ1) is 10.9. The van der Waals surface area contributed by atoms with E-state index in [9.17, 15) is 14.4 Å². The SMILES string of the molecule is COC(=O)[C@@H]1C[C@H](N2C(=O)CNC2=O)CN1. The predicted octanol–water partition coefficient (Wildman–Crippen LogP) is -1.56. The van der Waals surface area contributed by atoms with Crippen LogP contribution >= 0.6 is 0 Å². The molecule has 0 aromatic heterocycles. The minimum Gasteiger partial charge on any atom is -0.468 e. The van der Waals surface area contributed by atoms with Crippen molar-refractivity contribution in [1.29, 1.82) is 0 Å². The van der Waals surface area contributed by atoms with Crippen LogP contribution in [0.15, 0.2) is 0 Å². The van der Waals surface area contributed by atoms with Gasteiger partial charge in [-0.15, -0.1) is 0 Å². The number of urea groups is 1. The Morgan fingerprint density at radius 3 is 2.81 bits per heavy atom. The lowest BCUT2D eigenvalue weighted by Crippen LogP contribution is -2.41. The number of carbonyl (C=O) groups excluding carboxylic acids is 3. The normalized spacial score (nSPS) is 29.4. The van der Waals surface area contributed by atoms with Crippen LogP contribution in [0.4, 0.5) is 4.79 Å². The second-order valence-electron chi connectivity index (χ2n) is 3.80. The summed E-state index contributed by atoms with van der Waals surface area (Å²) in [5, 5.41) is 5.37. The Morgan fingerprint density at radius 1 is 1.50 bits per heavy atom. The van der Waals surface area contributed by atoms with E-state index in [0.29, 0.717) is 13.0 Å². The van der Waals surface area contributed by atoms with Gasteiger partial charge in [0.25, 0.3) is 0 Å². The smallest absolute Gasteiger partial charge is 0.324 e. The Balaban J connectivity index is 2.00. The number of imide groups is 1. The Kier molecular flexibility index (Phi) is 2.78. The third-order valence-electron chi connectivity index (χ3n) is 2.84. The molecule has 0 saturated carbocycles. The van der Waals surface area contributed by atoms with E-state index in [2.05, 4.69) is 15.4 Å². The summed E-state index contributed by atoms with van der Waals surface area (Å²) in [5.41, 5.74) is 0. The number of ether oxygens (including phenoxy) is 1. The molecular weight excluding hydrogens is 214 g/mol. The van der Waals surface area contributed by atoms with E-state index >= 15 is 0 Å². The van der Waals surface area contributed by atoms with Gasteiger partial charge in [0.05, 0.1) is 19.7 Å². The van der Waals surface area contributed by atoms with Gasteiger partial charge in [-0.05, 0) is 6.42 Å². The number of methoxy groups -OCH3 is 1. The van der Waals surface area contributed by atoms with Crippen molar-refractivity contribution in [3.63, 3.8) is 0 Å². The highest BCUT2D eigenvalue weighted by atomic mass is 16.5. The van der Waals surface area contributed by atoms with Gasteiger partial charge in [0, 0.05) is 6.54 Å². The monoisotopic (exact) mass is 227 g/mol. The first-order valence-corrected chi connectivity index (χ1v) is 5.04. The fourth-order valence-corrected chi connectivity index (χ4v) is 2.04. The van der Waals surface area contributed by atoms with Gasteiger partial charge in [0.15, 0.2) is 0 Å². The molecule has 16 heavy (non-hydrogen) atoms. The van der Waals surface area contributed by atoms with Gasteiger partial charge in [-0.3, -0.25) is 14.5 Å². The van der Waals surface area contributed by atoms with Crippen LogP contribution < -0.4 is 10.6 Å². The first-order chi connectivity index (χ1) is 7.63. The quantitative estimate of drug-likeness (QED) is 0.440. The largest absolute Gasteiger partial charge is 0.468 e. The summed E-state index contributed by atoms with van der Waals surface area (Å²) in [6.07, 6.45) is 0.409. The molecule has 7 heteroatoms. The van der Waals surface area contributed by atoms with Crippen molar-refractivity contribution in [2.75, 3.05) is 20.2 Å². The molecule has 2 saturated heterocycles. The van der Waals surface area contributed by atoms with Crippen molar-refractivity contribution >= 4 is 17.9 Å². The van der Waals surface area contributed by atoms with E-state index in [1.165, 1.54) is 12.0 Å².